The molecular weight excluding hydrogens is 347 g/mol. The summed E-state index contributed by atoms with van der Waals surface area (Å²) in [5, 5.41) is 0.135. The lowest BCUT2D eigenvalue weighted by Crippen LogP contribution is -2.22. The van der Waals surface area contributed by atoms with E-state index in [-0.39, 0.29) is 17.5 Å². The minimum absolute atomic E-state index is 0.135. The Bertz CT molecular complexity index is 975. The van der Waals surface area contributed by atoms with Crippen LogP contribution in [0.4, 0.5) is 13.2 Å². The summed E-state index contributed by atoms with van der Waals surface area (Å²) < 4.78 is 45.0. The summed E-state index contributed by atoms with van der Waals surface area (Å²) in [5.41, 5.74) is 0.946. The van der Waals surface area contributed by atoms with Crippen LogP contribution < -0.4 is 0 Å². The number of carbonyl (C=O) groups excluding carboxylic acids is 2. The Hall–Kier alpha value is -3.09. The third kappa shape index (κ3) is 3.33. The van der Waals surface area contributed by atoms with Gasteiger partial charge in [-0.3, -0.25) is 4.79 Å². The average Bonchev–Trinajstić information content (AvgIpc) is 2.98. The number of methoxy groups -OCH3 is 1. The van der Waals surface area contributed by atoms with Gasteiger partial charge >= 0.3 is 12.1 Å². The number of nitrogens with zero attached hydrogens (tertiary/aromatic N) is 1. The molecule has 3 rings (SSSR count). The molecule has 0 saturated carbocycles. The predicted molar refractivity (Wildman–Crippen MR) is 89.2 cm³/mol. The number of fused-ring (bicyclic) bond motifs is 1. The molecule has 0 aliphatic carbocycles. The Morgan fingerprint density at radius 1 is 1.08 bits per heavy atom. The predicted octanol–water partition coefficient (Wildman–Crippen LogP) is 4.22. The number of esters is 1. The maximum absolute atomic E-state index is 12.9. The number of carbonyl (C=O) groups is 2. The van der Waals surface area contributed by atoms with Crippen molar-refractivity contribution in [1.29, 1.82) is 0 Å². The van der Waals surface area contributed by atoms with Crippen LogP contribution in [0.3, 0.4) is 0 Å². The topological polar surface area (TPSA) is 48.3 Å². The van der Waals surface area contributed by atoms with Gasteiger partial charge in [-0.2, -0.15) is 13.2 Å². The molecule has 0 aliphatic rings. The van der Waals surface area contributed by atoms with Crippen molar-refractivity contribution in [2.24, 2.45) is 0 Å². The van der Waals surface area contributed by atoms with Crippen LogP contribution in [-0.4, -0.2) is 29.6 Å². The van der Waals surface area contributed by atoms with Crippen molar-refractivity contribution in [2.75, 3.05) is 7.11 Å². The standard InChI is InChI=1S/C19H14F3NO3/c1-26-18(25)13-7-8-14-15(17(24)19(20,21)22)11-23(16(14)9-13)10-12-5-3-2-4-6-12/h2-9,11H,10H2,1H3. The van der Waals surface area contributed by atoms with Crippen LogP contribution in [0, 0.1) is 0 Å². The monoisotopic (exact) mass is 361 g/mol. The van der Waals surface area contributed by atoms with E-state index >= 15 is 0 Å². The number of benzene rings is 2. The lowest BCUT2D eigenvalue weighted by Gasteiger charge is -2.06. The Labute approximate surface area is 146 Å². The highest BCUT2D eigenvalue weighted by atomic mass is 19.4. The smallest absolute Gasteiger partial charge is 0.454 e. The molecular formula is C19H14F3NO3. The lowest BCUT2D eigenvalue weighted by atomic mass is 10.1. The van der Waals surface area contributed by atoms with E-state index in [0.717, 1.165) is 5.56 Å². The summed E-state index contributed by atoms with van der Waals surface area (Å²) in [4.78, 5) is 23.5. The van der Waals surface area contributed by atoms with E-state index in [2.05, 4.69) is 4.74 Å². The van der Waals surface area contributed by atoms with Crippen LogP contribution >= 0.6 is 0 Å². The third-order valence-electron chi connectivity index (χ3n) is 4.00. The van der Waals surface area contributed by atoms with E-state index in [1.165, 1.54) is 36.1 Å². The van der Waals surface area contributed by atoms with Crippen LogP contribution in [-0.2, 0) is 11.3 Å². The van der Waals surface area contributed by atoms with Gasteiger partial charge in [0.1, 0.15) is 0 Å². The van der Waals surface area contributed by atoms with E-state index in [9.17, 15) is 22.8 Å². The van der Waals surface area contributed by atoms with E-state index in [0.29, 0.717) is 5.52 Å². The minimum atomic E-state index is -4.98. The first kappa shape index (κ1) is 17.7. The fourth-order valence-electron chi connectivity index (χ4n) is 2.78. The van der Waals surface area contributed by atoms with Crippen molar-refractivity contribution in [3.05, 3.63) is 71.4 Å². The zero-order chi connectivity index (χ0) is 18.9. The number of hydrogen-bond acceptors (Lipinski definition) is 3. The molecule has 1 aromatic heterocycles. The Balaban J connectivity index is 2.17. The molecule has 0 bridgehead atoms. The molecule has 0 atom stereocenters. The normalized spacial score (nSPS) is 11.5. The van der Waals surface area contributed by atoms with Crippen molar-refractivity contribution < 1.29 is 27.5 Å². The van der Waals surface area contributed by atoms with E-state index in [4.69, 9.17) is 0 Å². The molecule has 0 spiro atoms. The summed E-state index contributed by atoms with van der Waals surface area (Å²) in [6.07, 6.45) is -3.80. The van der Waals surface area contributed by atoms with Crippen molar-refractivity contribution >= 4 is 22.7 Å². The van der Waals surface area contributed by atoms with Crippen LogP contribution in [0.15, 0.2) is 54.7 Å². The van der Waals surface area contributed by atoms with Gasteiger partial charge in [0.05, 0.1) is 18.2 Å². The van der Waals surface area contributed by atoms with Crippen LogP contribution in [0.5, 0.6) is 0 Å². The van der Waals surface area contributed by atoms with Crippen LogP contribution in [0.2, 0.25) is 0 Å². The Morgan fingerprint density at radius 2 is 1.77 bits per heavy atom. The van der Waals surface area contributed by atoms with Gasteiger partial charge in [0, 0.05) is 23.6 Å². The first-order valence-electron chi connectivity index (χ1n) is 7.68. The van der Waals surface area contributed by atoms with Gasteiger partial charge in [-0.15, -0.1) is 0 Å². The molecule has 2 aromatic carbocycles. The second kappa shape index (κ2) is 6.67. The largest absolute Gasteiger partial charge is 0.465 e. The molecule has 0 fully saturated rings. The molecule has 134 valence electrons. The number of alkyl halides is 3. The van der Waals surface area contributed by atoms with Crippen molar-refractivity contribution in [3.63, 3.8) is 0 Å². The molecule has 0 saturated heterocycles. The lowest BCUT2D eigenvalue weighted by molar-refractivity contribution is -0.0884. The zero-order valence-electron chi connectivity index (χ0n) is 13.7. The summed E-state index contributed by atoms with van der Waals surface area (Å²) in [7, 11) is 1.22. The molecule has 3 aromatic rings. The number of rotatable bonds is 4. The van der Waals surface area contributed by atoms with E-state index in [1.807, 2.05) is 30.3 Å². The second-order valence-corrected chi connectivity index (χ2v) is 5.71. The number of halogens is 3. The van der Waals surface area contributed by atoms with Gasteiger partial charge in [0.25, 0.3) is 5.78 Å². The van der Waals surface area contributed by atoms with Crippen molar-refractivity contribution in [2.45, 2.75) is 12.7 Å². The first-order valence-corrected chi connectivity index (χ1v) is 7.68. The van der Waals surface area contributed by atoms with Crippen molar-refractivity contribution in [3.8, 4) is 0 Å². The Morgan fingerprint density at radius 3 is 2.38 bits per heavy atom. The van der Waals surface area contributed by atoms with E-state index < -0.39 is 23.5 Å². The quantitative estimate of drug-likeness (QED) is 0.516. The Kier molecular flexibility index (Phi) is 4.54. The van der Waals surface area contributed by atoms with Gasteiger partial charge in [0.2, 0.25) is 0 Å². The van der Waals surface area contributed by atoms with Crippen molar-refractivity contribution in [1.82, 2.24) is 4.57 Å². The molecule has 0 aliphatic heterocycles. The highest BCUT2D eigenvalue weighted by molar-refractivity contribution is 6.11. The highest BCUT2D eigenvalue weighted by Crippen LogP contribution is 2.30. The third-order valence-corrected chi connectivity index (χ3v) is 4.00. The summed E-state index contributed by atoms with van der Waals surface area (Å²) in [5.74, 6) is -2.52. The van der Waals surface area contributed by atoms with Crippen LogP contribution in [0.1, 0.15) is 26.3 Å². The molecule has 0 N–H and O–H groups in total. The maximum atomic E-state index is 12.9. The first-order chi connectivity index (χ1) is 12.3. The number of hydrogen-bond donors (Lipinski definition) is 0. The molecule has 7 heteroatoms. The molecule has 0 amide bonds. The van der Waals surface area contributed by atoms with E-state index in [1.54, 1.807) is 0 Å². The van der Waals surface area contributed by atoms with Gasteiger partial charge in [-0.05, 0) is 17.7 Å². The fourth-order valence-corrected chi connectivity index (χ4v) is 2.78. The molecule has 0 unspecified atom stereocenters. The molecule has 4 nitrogen and oxygen atoms in total. The van der Waals surface area contributed by atoms with Gasteiger partial charge in [-0.25, -0.2) is 4.79 Å². The summed E-state index contributed by atoms with van der Waals surface area (Å²) in [6, 6.07) is 13.2. The van der Waals surface area contributed by atoms with Gasteiger partial charge in [-0.1, -0.05) is 36.4 Å². The molecule has 1 heterocycles. The summed E-state index contributed by atoms with van der Waals surface area (Å²) >= 11 is 0. The summed E-state index contributed by atoms with van der Waals surface area (Å²) in [6.45, 7) is 0.257. The number of ketones is 1. The van der Waals surface area contributed by atoms with Gasteiger partial charge < -0.3 is 9.30 Å². The molecule has 0 radical (unpaired) electrons. The second-order valence-electron chi connectivity index (χ2n) is 5.71. The van der Waals surface area contributed by atoms with Gasteiger partial charge in [0.15, 0.2) is 0 Å². The SMILES string of the molecule is COC(=O)c1ccc2c(C(=O)C(F)(F)F)cn(Cc3ccccc3)c2c1. The highest BCUT2D eigenvalue weighted by Gasteiger charge is 2.40. The maximum Gasteiger partial charge on any atom is 0.454 e. The molecule has 26 heavy (non-hydrogen) atoms. The number of ether oxygens (including phenoxy) is 1. The number of aromatic nitrogens is 1. The van der Waals surface area contributed by atoms with Crippen LogP contribution in [0.25, 0.3) is 10.9 Å². The zero-order valence-corrected chi connectivity index (χ0v) is 13.7. The minimum Gasteiger partial charge on any atom is -0.465 e. The fraction of sp³-hybridized carbons (Fsp3) is 0.158. The number of Topliss-reactive ketones (excluding diaryl/α,β-unsaturated/α-hetero) is 1. The average molecular weight is 361 g/mol.